The number of aromatic nitrogens is 2. The molecule has 98 valence electrons. The molecule has 0 aliphatic heterocycles. The molecule has 1 heterocycles. The Labute approximate surface area is 105 Å². The van der Waals surface area contributed by atoms with Gasteiger partial charge in [-0.3, -0.25) is 0 Å². The molecule has 0 spiro atoms. The molecule has 0 fully saturated rings. The summed E-state index contributed by atoms with van der Waals surface area (Å²) in [7, 11) is 0. The van der Waals surface area contributed by atoms with Crippen LogP contribution in [0.5, 0.6) is 5.88 Å². The Kier molecular flexibility index (Phi) is 7.81. The molecule has 6 nitrogen and oxygen atoms in total. The van der Waals surface area contributed by atoms with Crippen LogP contribution in [0, 0.1) is 0 Å². The van der Waals surface area contributed by atoms with Crippen LogP contribution in [0.1, 0.15) is 19.3 Å². The van der Waals surface area contributed by atoms with E-state index in [2.05, 4.69) is 14.1 Å². The summed E-state index contributed by atoms with van der Waals surface area (Å²) < 4.78 is 12.9. The monoisotopic (exact) mass is 261 g/mol. The van der Waals surface area contributed by atoms with E-state index in [1.54, 1.807) is 0 Å². The summed E-state index contributed by atoms with van der Waals surface area (Å²) in [4.78, 5) is 0. The third kappa shape index (κ3) is 7.22. The lowest BCUT2D eigenvalue weighted by Crippen LogP contribution is -2.32. The Bertz CT molecular complexity index is 272. The van der Waals surface area contributed by atoms with Gasteiger partial charge in [-0.1, -0.05) is 0 Å². The van der Waals surface area contributed by atoms with Crippen LogP contribution in [0.4, 0.5) is 0 Å². The maximum Gasteiger partial charge on any atom is 0.245 e. The molecule has 1 atom stereocenters. The molecular weight excluding hydrogens is 242 g/mol. The quantitative estimate of drug-likeness (QED) is 0.515. The van der Waals surface area contributed by atoms with E-state index in [1.165, 1.54) is 6.20 Å². The first-order valence-electron chi connectivity index (χ1n) is 5.73. The second-order valence-electron chi connectivity index (χ2n) is 3.70. The molecule has 1 unspecified atom stereocenters. The highest BCUT2D eigenvalue weighted by Gasteiger charge is 2.05. The molecule has 0 radical (unpaired) electrons. The largest absolute Gasteiger partial charge is 0.473 e. The fourth-order valence-electron chi connectivity index (χ4n) is 1.27. The summed E-state index contributed by atoms with van der Waals surface area (Å²) >= 11 is 1.08. The summed E-state index contributed by atoms with van der Waals surface area (Å²) in [6, 6.07) is 0. The van der Waals surface area contributed by atoms with Crippen LogP contribution in [0.15, 0.2) is 6.20 Å². The van der Waals surface area contributed by atoms with Crippen molar-refractivity contribution in [3.8, 4) is 5.88 Å². The minimum atomic E-state index is -0.547. The van der Waals surface area contributed by atoms with Crippen LogP contribution in [-0.4, -0.2) is 51.4 Å². The predicted octanol–water partition coefficient (Wildman–Crippen LogP) is 0.0300. The number of ether oxygens (including phenoxy) is 1. The number of nitrogens with one attached hydrogen (secondary N) is 1. The number of hydrogen-bond donors (Lipinski definition) is 3. The maximum atomic E-state index is 9.58. The molecule has 0 aliphatic rings. The van der Waals surface area contributed by atoms with Crippen molar-refractivity contribution >= 4 is 11.7 Å². The summed E-state index contributed by atoms with van der Waals surface area (Å²) in [6.07, 6.45) is 3.82. The van der Waals surface area contributed by atoms with Gasteiger partial charge in [0.15, 0.2) is 0 Å². The zero-order valence-corrected chi connectivity index (χ0v) is 10.5. The summed E-state index contributed by atoms with van der Waals surface area (Å²) in [6.45, 7) is 1.80. The lowest BCUT2D eigenvalue weighted by Gasteiger charge is -2.11. The third-order valence-electron chi connectivity index (χ3n) is 2.16. The van der Waals surface area contributed by atoms with Crippen molar-refractivity contribution in [1.29, 1.82) is 0 Å². The molecule has 0 bridgehead atoms. The van der Waals surface area contributed by atoms with Gasteiger partial charge >= 0.3 is 0 Å². The van der Waals surface area contributed by atoms with Gasteiger partial charge in [0.2, 0.25) is 5.88 Å². The van der Waals surface area contributed by atoms with Crippen molar-refractivity contribution in [2.24, 2.45) is 0 Å². The molecule has 1 rings (SSSR count). The van der Waals surface area contributed by atoms with Crippen LogP contribution in [-0.2, 0) is 0 Å². The fraction of sp³-hybridized carbons (Fsp3) is 0.800. The van der Waals surface area contributed by atoms with Crippen molar-refractivity contribution in [3.05, 3.63) is 6.20 Å². The maximum absolute atomic E-state index is 9.58. The Hall–Kier alpha value is -0.760. The Morgan fingerprint density at radius 3 is 3.00 bits per heavy atom. The van der Waals surface area contributed by atoms with Gasteiger partial charge in [-0.05, 0) is 25.8 Å². The summed E-state index contributed by atoms with van der Waals surface area (Å²) in [5.41, 5.74) is 0. The van der Waals surface area contributed by atoms with Crippen LogP contribution in [0.25, 0.3) is 0 Å². The molecule has 1 aromatic rings. The molecular formula is C10H19N3O3S. The molecule has 0 aromatic carbocycles. The van der Waals surface area contributed by atoms with E-state index in [0.29, 0.717) is 12.4 Å². The first-order valence-corrected chi connectivity index (χ1v) is 6.46. The number of aliphatic hydroxyl groups excluding tert-OH is 2. The highest BCUT2D eigenvalue weighted by atomic mass is 32.1. The topological polar surface area (TPSA) is 87.5 Å². The molecule has 0 aliphatic carbocycles. The standard InChI is InChI=1S/C10H19N3O3S/c14-5-3-1-2-4-11-6-9(15)8-16-10-7-12-17-13-10/h7,9,11,14-15H,1-6,8H2. The molecule has 3 N–H and O–H groups in total. The van der Waals surface area contributed by atoms with E-state index < -0.39 is 6.10 Å². The lowest BCUT2D eigenvalue weighted by molar-refractivity contribution is 0.104. The highest BCUT2D eigenvalue weighted by molar-refractivity contribution is 6.99. The number of hydrogen-bond acceptors (Lipinski definition) is 7. The Balaban J connectivity index is 1.92. The van der Waals surface area contributed by atoms with Gasteiger partial charge in [0.25, 0.3) is 0 Å². The molecule has 1 aromatic heterocycles. The Morgan fingerprint density at radius 1 is 1.41 bits per heavy atom. The van der Waals surface area contributed by atoms with Crippen LogP contribution in [0.3, 0.4) is 0 Å². The van der Waals surface area contributed by atoms with Gasteiger partial charge in [-0.2, -0.15) is 4.37 Å². The van der Waals surface area contributed by atoms with Crippen LogP contribution in [0.2, 0.25) is 0 Å². The normalized spacial score (nSPS) is 12.6. The van der Waals surface area contributed by atoms with Crippen molar-refractivity contribution in [1.82, 2.24) is 14.1 Å². The zero-order chi connectivity index (χ0) is 12.3. The number of nitrogens with zero attached hydrogens (tertiary/aromatic N) is 2. The van der Waals surface area contributed by atoms with Crippen molar-refractivity contribution in [2.45, 2.75) is 25.4 Å². The molecule has 0 saturated carbocycles. The second kappa shape index (κ2) is 9.29. The van der Waals surface area contributed by atoms with Crippen LogP contribution >= 0.6 is 11.7 Å². The SMILES string of the molecule is OCCCCCNCC(O)COc1cnsn1. The smallest absolute Gasteiger partial charge is 0.245 e. The zero-order valence-electron chi connectivity index (χ0n) is 9.71. The number of rotatable bonds is 10. The minimum Gasteiger partial charge on any atom is -0.473 e. The average Bonchev–Trinajstić information content (AvgIpc) is 2.84. The lowest BCUT2D eigenvalue weighted by atomic mass is 10.2. The van der Waals surface area contributed by atoms with Gasteiger partial charge in [0, 0.05) is 13.2 Å². The number of aliphatic hydroxyl groups is 2. The minimum absolute atomic E-state index is 0.217. The molecule has 7 heteroatoms. The third-order valence-corrected chi connectivity index (χ3v) is 2.62. The van der Waals surface area contributed by atoms with Crippen molar-refractivity contribution in [3.63, 3.8) is 0 Å². The Morgan fingerprint density at radius 2 is 2.29 bits per heavy atom. The van der Waals surface area contributed by atoms with Gasteiger partial charge in [-0.25, -0.2) is 0 Å². The van der Waals surface area contributed by atoms with E-state index >= 15 is 0 Å². The summed E-state index contributed by atoms with van der Waals surface area (Å²) in [5, 5.41) is 21.3. The first-order chi connectivity index (χ1) is 8.33. The number of unbranched alkanes of at least 4 members (excludes halogenated alkanes) is 2. The van der Waals surface area contributed by atoms with Gasteiger partial charge in [0.1, 0.15) is 18.9 Å². The predicted molar refractivity (Wildman–Crippen MR) is 65.2 cm³/mol. The van der Waals surface area contributed by atoms with Crippen molar-refractivity contribution < 1.29 is 14.9 Å². The average molecular weight is 261 g/mol. The van der Waals surface area contributed by atoms with Gasteiger partial charge < -0.3 is 20.3 Å². The molecule has 0 saturated heterocycles. The van der Waals surface area contributed by atoms with E-state index in [-0.39, 0.29) is 13.2 Å². The summed E-state index contributed by atoms with van der Waals surface area (Å²) in [5.74, 6) is 0.456. The van der Waals surface area contributed by atoms with Crippen molar-refractivity contribution in [2.75, 3.05) is 26.3 Å². The second-order valence-corrected chi connectivity index (χ2v) is 4.26. The van der Waals surface area contributed by atoms with Gasteiger partial charge in [0.05, 0.1) is 11.7 Å². The van der Waals surface area contributed by atoms with Gasteiger partial charge in [-0.15, -0.1) is 4.37 Å². The first kappa shape index (κ1) is 14.3. The van der Waals surface area contributed by atoms with E-state index in [1.807, 2.05) is 0 Å². The molecule has 0 amide bonds. The highest BCUT2D eigenvalue weighted by Crippen LogP contribution is 2.04. The van der Waals surface area contributed by atoms with E-state index in [4.69, 9.17) is 9.84 Å². The van der Waals surface area contributed by atoms with Crippen LogP contribution < -0.4 is 10.1 Å². The molecule has 17 heavy (non-hydrogen) atoms. The van der Waals surface area contributed by atoms with E-state index in [0.717, 1.165) is 37.5 Å². The fourth-order valence-corrected chi connectivity index (χ4v) is 1.63. The van der Waals surface area contributed by atoms with E-state index in [9.17, 15) is 5.11 Å².